The molecule has 6 heteroatoms. The van der Waals surface area contributed by atoms with Crippen molar-refractivity contribution >= 4 is 11.9 Å². The van der Waals surface area contributed by atoms with Crippen molar-refractivity contribution in [2.24, 2.45) is 0 Å². The van der Waals surface area contributed by atoms with Crippen LogP contribution in [0.15, 0.2) is 48.6 Å². The molecule has 0 saturated heterocycles. The topological polar surface area (TPSA) is 95.9 Å². The molecule has 482 valence electrons. The number of ether oxygens (including phenoxy) is 1. The van der Waals surface area contributed by atoms with Gasteiger partial charge in [-0.15, -0.1) is 0 Å². The van der Waals surface area contributed by atoms with Crippen LogP contribution in [-0.4, -0.2) is 47.4 Å². The predicted octanol–water partition coefficient (Wildman–Crippen LogP) is 24.0. The Morgan fingerprint density at radius 1 is 0.341 bits per heavy atom. The third kappa shape index (κ3) is 67.0. The molecule has 82 heavy (non-hydrogen) atoms. The summed E-state index contributed by atoms with van der Waals surface area (Å²) in [5.74, 6) is -0.0604. The van der Waals surface area contributed by atoms with Gasteiger partial charge in [-0.1, -0.05) is 345 Å². The number of carbonyl (C=O) groups is 2. The minimum atomic E-state index is -0.849. The number of esters is 1. The fraction of sp³-hybridized carbons (Fsp3) is 0.868. The van der Waals surface area contributed by atoms with E-state index in [-0.39, 0.29) is 18.5 Å². The number of hydrogen-bond acceptors (Lipinski definition) is 5. The summed E-state index contributed by atoms with van der Waals surface area (Å²) in [5, 5.41) is 23.3. The smallest absolute Gasteiger partial charge is 0.305 e. The van der Waals surface area contributed by atoms with Crippen LogP contribution in [0, 0.1) is 0 Å². The van der Waals surface area contributed by atoms with Crippen LogP contribution >= 0.6 is 0 Å². The molecule has 0 aromatic heterocycles. The van der Waals surface area contributed by atoms with Crippen molar-refractivity contribution in [2.75, 3.05) is 13.2 Å². The Kier molecular flexibility index (Phi) is 69.4. The Morgan fingerprint density at radius 3 is 0.963 bits per heavy atom. The first kappa shape index (κ1) is 79.8. The lowest BCUT2D eigenvalue weighted by Crippen LogP contribution is -2.45. The maximum absolute atomic E-state index is 12.5. The van der Waals surface area contributed by atoms with E-state index >= 15 is 0 Å². The standard InChI is InChI=1S/C76H143NO5/c1-3-5-7-9-11-13-15-17-19-21-23-24-29-33-36-40-44-48-52-56-60-64-68-74(79)73(72-78)77-75(80)69-65-61-57-53-49-45-41-37-34-30-27-25-26-28-31-35-39-43-47-51-55-59-63-67-71-82-76(81)70-66-62-58-54-50-46-42-38-32-22-20-18-16-14-12-10-8-6-4-2/h12,14,18,20,27,30,64,68,73-74,78-79H,3-11,13,15-17,19,21-26,28-29,31-63,65-67,69-72H2,1-2H3,(H,77,80)/b14-12-,20-18-,30-27-,68-64+. The molecule has 3 N–H and O–H groups in total. The summed E-state index contributed by atoms with van der Waals surface area (Å²) < 4.78 is 5.51. The van der Waals surface area contributed by atoms with E-state index in [4.69, 9.17) is 4.74 Å². The summed E-state index contributed by atoms with van der Waals surface area (Å²) >= 11 is 0. The largest absolute Gasteiger partial charge is 0.466 e. The highest BCUT2D eigenvalue weighted by Gasteiger charge is 2.18. The van der Waals surface area contributed by atoms with Crippen molar-refractivity contribution in [3.05, 3.63) is 48.6 Å². The molecule has 1 amide bonds. The molecule has 0 rings (SSSR count). The maximum atomic E-state index is 12.5. The van der Waals surface area contributed by atoms with Crippen molar-refractivity contribution in [3.63, 3.8) is 0 Å². The molecule has 0 aromatic carbocycles. The van der Waals surface area contributed by atoms with E-state index in [1.54, 1.807) is 6.08 Å². The molecule has 0 aromatic rings. The third-order valence-corrected chi connectivity index (χ3v) is 17.1. The fourth-order valence-electron chi connectivity index (χ4n) is 11.4. The van der Waals surface area contributed by atoms with E-state index in [9.17, 15) is 19.8 Å². The molecule has 0 spiro atoms. The average molecular weight is 1150 g/mol. The second-order valence-electron chi connectivity index (χ2n) is 25.3. The predicted molar refractivity (Wildman–Crippen MR) is 361 cm³/mol. The monoisotopic (exact) mass is 1150 g/mol. The normalized spacial score (nSPS) is 12.8. The first-order valence-corrected chi connectivity index (χ1v) is 36.9. The van der Waals surface area contributed by atoms with Crippen LogP contribution in [0.2, 0.25) is 0 Å². The van der Waals surface area contributed by atoms with Crippen LogP contribution in [0.25, 0.3) is 0 Å². The van der Waals surface area contributed by atoms with Gasteiger partial charge < -0.3 is 20.3 Å². The van der Waals surface area contributed by atoms with E-state index in [2.05, 4.69) is 55.6 Å². The maximum Gasteiger partial charge on any atom is 0.305 e. The van der Waals surface area contributed by atoms with E-state index in [0.717, 1.165) is 51.4 Å². The first-order valence-electron chi connectivity index (χ1n) is 36.9. The second kappa shape index (κ2) is 71.3. The minimum absolute atomic E-state index is 0.00871. The van der Waals surface area contributed by atoms with E-state index in [0.29, 0.717) is 19.4 Å². The SMILES string of the molecule is CCCCC/C=C\C/C=C\CCCCCCCCCCCC(=O)OCCCCCCCCCCCCCC/C=C\CCCCCCCCCCC(=O)NC(CO)C(O)/C=C/CCCCCCCCCCCCCCCCCCCCCC. The number of amides is 1. The number of rotatable bonds is 69. The highest BCUT2D eigenvalue weighted by Crippen LogP contribution is 2.18. The molecule has 2 unspecified atom stereocenters. The number of allylic oxidation sites excluding steroid dienone is 7. The van der Waals surface area contributed by atoms with Crippen molar-refractivity contribution in [2.45, 2.75) is 411 Å². The molecule has 2 atom stereocenters. The Bertz CT molecular complexity index is 1370. The molecule has 0 aliphatic carbocycles. The van der Waals surface area contributed by atoms with Gasteiger partial charge in [-0.25, -0.2) is 0 Å². The molecule has 0 saturated carbocycles. The molecular weight excluding hydrogens is 1010 g/mol. The zero-order valence-electron chi connectivity index (χ0n) is 55.2. The van der Waals surface area contributed by atoms with Gasteiger partial charge in [0.2, 0.25) is 5.91 Å². The molecule has 0 aliphatic heterocycles. The number of aliphatic hydroxyl groups is 2. The fourth-order valence-corrected chi connectivity index (χ4v) is 11.4. The molecule has 0 radical (unpaired) electrons. The van der Waals surface area contributed by atoms with E-state index < -0.39 is 12.1 Å². The van der Waals surface area contributed by atoms with Crippen LogP contribution in [0.1, 0.15) is 399 Å². The summed E-state index contributed by atoms with van der Waals surface area (Å²) in [5.41, 5.74) is 0. The average Bonchev–Trinajstić information content (AvgIpc) is 3.48. The van der Waals surface area contributed by atoms with Gasteiger partial charge in [0.05, 0.1) is 25.4 Å². The number of aliphatic hydroxyl groups excluding tert-OH is 2. The highest BCUT2D eigenvalue weighted by molar-refractivity contribution is 5.76. The lowest BCUT2D eigenvalue weighted by Gasteiger charge is -2.20. The van der Waals surface area contributed by atoms with Crippen LogP contribution in [0.5, 0.6) is 0 Å². The van der Waals surface area contributed by atoms with Crippen LogP contribution in [0.3, 0.4) is 0 Å². The molecule has 6 nitrogen and oxygen atoms in total. The van der Waals surface area contributed by atoms with Gasteiger partial charge in [0.1, 0.15) is 0 Å². The van der Waals surface area contributed by atoms with E-state index in [1.807, 2.05) is 6.08 Å². The molecule has 0 bridgehead atoms. The number of carbonyl (C=O) groups excluding carboxylic acids is 2. The van der Waals surface area contributed by atoms with Crippen LogP contribution in [-0.2, 0) is 14.3 Å². The van der Waals surface area contributed by atoms with Gasteiger partial charge >= 0.3 is 5.97 Å². The van der Waals surface area contributed by atoms with Gasteiger partial charge in [0.15, 0.2) is 0 Å². The lowest BCUT2D eigenvalue weighted by molar-refractivity contribution is -0.143. The second-order valence-corrected chi connectivity index (χ2v) is 25.3. The third-order valence-electron chi connectivity index (χ3n) is 17.1. The number of hydrogen-bond donors (Lipinski definition) is 3. The summed E-state index contributed by atoms with van der Waals surface area (Å²) in [6.07, 6.45) is 93.4. The summed E-state index contributed by atoms with van der Waals surface area (Å²) in [6, 6.07) is -0.633. The zero-order valence-corrected chi connectivity index (χ0v) is 55.2. The van der Waals surface area contributed by atoms with Gasteiger partial charge in [-0.05, 0) is 89.9 Å². The molecular formula is C76H143NO5. The highest BCUT2D eigenvalue weighted by atomic mass is 16.5. The number of unbranched alkanes of at least 4 members (excludes halogenated alkanes) is 52. The minimum Gasteiger partial charge on any atom is -0.466 e. The molecule has 0 fully saturated rings. The van der Waals surface area contributed by atoms with Crippen molar-refractivity contribution < 1.29 is 24.5 Å². The van der Waals surface area contributed by atoms with Gasteiger partial charge in [-0.2, -0.15) is 0 Å². The quantitative estimate of drug-likeness (QED) is 0.0320. The lowest BCUT2D eigenvalue weighted by atomic mass is 10.0. The van der Waals surface area contributed by atoms with Gasteiger partial charge in [0, 0.05) is 12.8 Å². The Labute approximate surface area is 512 Å². The van der Waals surface area contributed by atoms with Gasteiger partial charge in [-0.3, -0.25) is 9.59 Å². The summed E-state index contributed by atoms with van der Waals surface area (Å²) in [7, 11) is 0. The Hall–Kier alpha value is -2.18. The van der Waals surface area contributed by atoms with Crippen LogP contribution < -0.4 is 5.32 Å². The summed E-state index contributed by atoms with van der Waals surface area (Å²) in [4.78, 5) is 24.7. The Morgan fingerprint density at radius 2 is 0.610 bits per heavy atom. The van der Waals surface area contributed by atoms with Gasteiger partial charge in [0.25, 0.3) is 0 Å². The van der Waals surface area contributed by atoms with Crippen molar-refractivity contribution in [1.82, 2.24) is 5.32 Å². The number of nitrogens with one attached hydrogen (secondary N) is 1. The van der Waals surface area contributed by atoms with Crippen molar-refractivity contribution in [1.29, 1.82) is 0 Å². The summed E-state index contributed by atoms with van der Waals surface area (Å²) in [6.45, 7) is 4.91. The Balaban J connectivity index is 3.42. The van der Waals surface area contributed by atoms with Crippen LogP contribution in [0.4, 0.5) is 0 Å². The van der Waals surface area contributed by atoms with E-state index in [1.165, 1.54) is 321 Å². The van der Waals surface area contributed by atoms with Crippen molar-refractivity contribution in [3.8, 4) is 0 Å². The zero-order chi connectivity index (χ0) is 59.2. The first-order chi connectivity index (χ1) is 40.5. The molecule has 0 aliphatic rings. The molecule has 0 heterocycles.